The van der Waals surface area contributed by atoms with Gasteiger partial charge in [-0.1, -0.05) is 249 Å². The zero-order valence-electron chi connectivity index (χ0n) is 43.9. The van der Waals surface area contributed by atoms with Gasteiger partial charge in [-0.2, -0.15) is 0 Å². The number of rotatable bonds is 10. The maximum atomic E-state index is 2.51. The third-order valence-electron chi connectivity index (χ3n) is 16.1. The molecule has 0 aliphatic rings. The summed E-state index contributed by atoms with van der Waals surface area (Å²) in [5.74, 6) is 0. The van der Waals surface area contributed by atoms with Crippen LogP contribution in [0.3, 0.4) is 0 Å². The van der Waals surface area contributed by atoms with Gasteiger partial charge in [0.25, 0.3) is 0 Å². The second-order valence-electron chi connectivity index (χ2n) is 20.9. The smallest absolute Gasteiger partial charge is 0.0553 e. The van der Waals surface area contributed by atoms with Crippen LogP contribution in [0.1, 0.15) is 0 Å². The van der Waals surface area contributed by atoms with E-state index in [9.17, 15) is 0 Å². The highest BCUT2D eigenvalue weighted by atomic mass is 15.0. The molecule has 13 aromatic carbocycles. The number of nitrogens with zero attached hydrogens (tertiary/aromatic N) is 2. The van der Waals surface area contributed by atoms with Crippen LogP contribution < -0.4 is 0 Å². The van der Waals surface area contributed by atoms with Crippen LogP contribution in [0, 0.1) is 0 Å². The van der Waals surface area contributed by atoms with E-state index in [1.807, 2.05) is 0 Å². The molecule has 2 aromatic heterocycles. The fraction of sp³-hybridized carbons (Fsp3) is 0. The molecular weight excluding hydrogens is 965 g/mol. The molecule has 2 nitrogen and oxygen atoms in total. The Hall–Kier alpha value is -10.5. The Bertz CT molecular complexity index is 4650. The Kier molecular flexibility index (Phi) is 11.6. The first-order valence-electron chi connectivity index (χ1n) is 27.5. The number of fused-ring (bicyclic) bond motifs is 4. The molecule has 0 saturated heterocycles. The summed E-state index contributed by atoms with van der Waals surface area (Å²) in [6.07, 6.45) is 0. The maximum absolute atomic E-state index is 2.51. The number of benzene rings is 13. The zero-order valence-corrected chi connectivity index (χ0v) is 43.9. The predicted octanol–water partition coefficient (Wildman–Crippen LogP) is 21.2. The van der Waals surface area contributed by atoms with Crippen molar-refractivity contribution in [1.82, 2.24) is 9.13 Å². The van der Waals surface area contributed by atoms with Crippen LogP contribution in [0.25, 0.3) is 144 Å². The number of hydrogen-bond donors (Lipinski definition) is 0. The van der Waals surface area contributed by atoms with E-state index in [2.05, 4.69) is 325 Å². The molecule has 80 heavy (non-hydrogen) atoms. The molecule has 15 aromatic rings. The van der Waals surface area contributed by atoms with Crippen LogP contribution >= 0.6 is 0 Å². The first-order valence-corrected chi connectivity index (χ1v) is 27.5. The average Bonchev–Trinajstić information content (AvgIpc) is 4.30. The van der Waals surface area contributed by atoms with E-state index in [1.165, 1.54) is 76.6 Å². The average molecular weight is 1020 g/mol. The molecule has 0 bridgehead atoms. The monoisotopic (exact) mass is 1020 g/mol. The van der Waals surface area contributed by atoms with Crippen molar-refractivity contribution >= 4 is 43.1 Å². The summed E-state index contributed by atoms with van der Waals surface area (Å²) in [6, 6.07) is 116. The molecule has 2 heterocycles. The second-order valence-corrected chi connectivity index (χ2v) is 20.9. The molecule has 0 radical (unpaired) electrons. The van der Waals surface area contributed by atoms with Gasteiger partial charge in [0, 0.05) is 11.3 Å². The van der Waals surface area contributed by atoms with Crippen molar-refractivity contribution < 1.29 is 0 Å². The Balaban J connectivity index is 1.01. The van der Waals surface area contributed by atoms with Gasteiger partial charge in [-0.05, 0) is 171 Å². The summed E-state index contributed by atoms with van der Waals surface area (Å²) < 4.78 is 4.94. The number of aromatic nitrogens is 2. The van der Waals surface area contributed by atoms with Crippen LogP contribution in [0.5, 0.6) is 0 Å². The van der Waals surface area contributed by atoms with Gasteiger partial charge in [0.1, 0.15) is 0 Å². The van der Waals surface area contributed by atoms with Gasteiger partial charge in [0.2, 0.25) is 0 Å². The van der Waals surface area contributed by atoms with Crippen molar-refractivity contribution in [2.45, 2.75) is 0 Å². The fourth-order valence-electron chi connectivity index (χ4n) is 12.2. The van der Waals surface area contributed by atoms with Gasteiger partial charge < -0.3 is 9.13 Å². The lowest BCUT2D eigenvalue weighted by molar-refractivity contribution is 1.10. The molecule has 2 heteroatoms. The largest absolute Gasteiger partial charge is 0.309 e. The second kappa shape index (κ2) is 19.8. The highest BCUT2D eigenvalue weighted by Gasteiger charge is 2.23. The van der Waals surface area contributed by atoms with Crippen molar-refractivity contribution in [3.8, 4) is 101 Å². The van der Waals surface area contributed by atoms with Crippen LogP contribution in [-0.2, 0) is 0 Å². The van der Waals surface area contributed by atoms with Crippen molar-refractivity contribution in [3.05, 3.63) is 315 Å². The molecule has 0 aliphatic heterocycles. The standard InChI is InChI=1S/C78H52N2/c1-5-19-58(20-6-1)73-43-44-74(59-21-7-2-8-22-59)79(73)69-42-41-67-50-72-71(51-68(67)49-69)70(57-35-29-55(30-36-57)65-39-33-53-17-13-15-27-63(53)47-65)52-77(80-75(60-23-9-3-10-24-60)45-46-76(80)61-25-11-4-12-26-61)78(72)62-37-31-56(32-38-62)66-40-34-54-18-14-16-28-64(54)48-66/h1-52H. The van der Waals surface area contributed by atoms with Gasteiger partial charge in [0.15, 0.2) is 0 Å². The van der Waals surface area contributed by atoms with Crippen LogP contribution in [0.4, 0.5) is 0 Å². The quantitative estimate of drug-likeness (QED) is 0.121. The van der Waals surface area contributed by atoms with E-state index in [1.54, 1.807) is 0 Å². The van der Waals surface area contributed by atoms with Gasteiger partial charge in [-0.25, -0.2) is 0 Å². The minimum Gasteiger partial charge on any atom is -0.309 e. The lowest BCUT2D eigenvalue weighted by Gasteiger charge is -2.23. The SMILES string of the molecule is c1ccc(-c2ccc(-c3ccccc3)n2-c2ccc3cc4c(-c5ccc(-c6ccc7ccccc7c6)cc5)c(-n5c(-c6ccccc6)ccc5-c5ccccc5)cc(-c5ccc(-c6ccc7ccccc7c6)cc5)c4cc3c2)cc1. The van der Waals surface area contributed by atoms with Gasteiger partial charge in [0.05, 0.1) is 28.5 Å². The molecular formula is C78H52N2. The molecule has 0 atom stereocenters. The topological polar surface area (TPSA) is 9.86 Å². The summed E-state index contributed by atoms with van der Waals surface area (Å²) in [7, 11) is 0. The molecule has 15 rings (SSSR count). The van der Waals surface area contributed by atoms with E-state index in [-0.39, 0.29) is 0 Å². The molecule has 374 valence electrons. The third kappa shape index (κ3) is 8.39. The molecule has 0 spiro atoms. The summed E-state index contributed by atoms with van der Waals surface area (Å²) in [5, 5.41) is 9.64. The highest BCUT2D eigenvalue weighted by Crippen LogP contribution is 2.47. The Morgan fingerprint density at radius 3 is 1.02 bits per heavy atom. The molecule has 0 saturated carbocycles. The summed E-state index contributed by atoms with van der Waals surface area (Å²) in [6.45, 7) is 0. The number of hydrogen-bond acceptors (Lipinski definition) is 0. The minimum absolute atomic E-state index is 1.11. The third-order valence-corrected chi connectivity index (χ3v) is 16.1. The van der Waals surface area contributed by atoms with Crippen LogP contribution in [0.15, 0.2) is 315 Å². The summed E-state index contributed by atoms with van der Waals surface area (Å²) in [4.78, 5) is 0. The normalized spacial score (nSPS) is 11.5. The lowest BCUT2D eigenvalue weighted by atomic mass is 9.87. The molecule has 0 N–H and O–H groups in total. The van der Waals surface area contributed by atoms with Gasteiger partial charge in [-0.3, -0.25) is 0 Å². The van der Waals surface area contributed by atoms with E-state index >= 15 is 0 Å². The van der Waals surface area contributed by atoms with Crippen molar-refractivity contribution in [3.63, 3.8) is 0 Å². The van der Waals surface area contributed by atoms with E-state index < -0.39 is 0 Å². The highest BCUT2D eigenvalue weighted by molar-refractivity contribution is 6.14. The van der Waals surface area contributed by atoms with Crippen molar-refractivity contribution in [2.24, 2.45) is 0 Å². The first-order chi connectivity index (χ1) is 39.6. The lowest BCUT2D eigenvalue weighted by Crippen LogP contribution is -2.04. The van der Waals surface area contributed by atoms with E-state index in [0.717, 1.165) is 67.4 Å². The minimum atomic E-state index is 1.11. The molecule has 0 amide bonds. The van der Waals surface area contributed by atoms with Crippen LogP contribution in [0.2, 0.25) is 0 Å². The maximum Gasteiger partial charge on any atom is 0.0553 e. The Labute approximate surface area is 466 Å². The first kappa shape index (κ1) is 46.7. The van der Waals surface area contributed by atoms with E-state index in [4.69, 9.17) is 0 Å². The Morgan fingerprint density at radius 2 is 0.550 bits per heavy atom. The van der Waals surface area contributed by atoms with Gasteiger partial charge >= 0.3 is 0 Å². The molecule has 0 unspecified atom stereocenters. The molecule has 0 fully saturated rings. The Morgan fingerprint density at radius 1 is 0.188 bits per heavy atom. The summed E-state index contributed by atoms with van der Waals surface area (Å²) >= 11 is 0. The fourth-order valence-corrected chi connectivity index (χ4v) is 12.2. The van der Waals surface area contributed by atoms with Crippen molar-refractivity contribution in [2.75, 3.05) is 0 Å². The van der Waals surface area contributed by atoms with Crippen LogP contribution in [-0.4, -0.2) is 9.13 Å². The predicted molar refractivity (Wildman–Crippen MR) is 339 cm³/mol. The van der Waals surface area contributed by atoms with Crippen molar-refractivity contribution in [1.29, 1.82) is 0 Å². The zero-order chi connectivity index (χ0) is 52.9. The molecule has 0 aliphatic carbocycles. The summed E-state index contributed by atoms with van der Waals surface area (Å²) in [5.41, 5.74) is 20.7. The van der Waals surface area contributed by atoms with Gasteiger partial charge in [-0.15, -0.1) is 0 Å². The van der Waals surface area contributed by atoms with E-state index in [0.29, 0.717) is 0 Å².